The minimum atomic E-state index is -0.294. The highest BCUT2D eigenvalue weighted by Crippen LogP contribution is 2.40. The van der Waals surface area contributed by atoms with Gasteiger partial charge in [-0.25, -0.2) is 0 Å². The van der Waals surface area contributed by atoms with Crippen molar-refractivity contribution in [3.05, 3.63) is 0 Å². The van der Waals surface area contributed by atoms with E-state index in [-0.39, 0.29) is 5.60 Å². The molecule has 2 aliphatic rings. The quantitative estimate of drug-likeness (QED) is 0.705. The lowest BCUT2D eigenvalue weighted by Crippen LogP contribution is -2.30. The highest BCUT2D eigenvalue weighted by Gasteiger charge is 2.33. The summed E-state index contributed by atoms with van der Waals surface area (Å²) in [7, 11) is 0. The van der Waals surface area contributed by atoms with Crippen molar-refractivity contribution in [3.63, 3.8) is 0 Å². The van der Waals surface area contributed by atoms with Crippen molar-refractivity contribution in [1.29, 1.82) is 0 Å². The maximum absolute atomic E-state index is 10.8. The van der Waals surface area contributed by atoms with Crippen LogP contribution in [-0.2, 0) is 0 Å². The molecule has 2 fully saturated rings. The molecule has 2 aliphatic carbocycles. The number of hydrogen-bond acceptors (Lipinski definition) is 1. The molecule has 0 aromatic rings. The van der Waals surface area contributed by atoms with Crippen LogP contribution in [0, 0.1) is 11.8 Å². The van der Waals surface area contributed by atoms with E-state index in [2.05, 4.69) is 6.92 Å². The molecule has 1 N–H and O–H groups in total. The van der Waals surface area contributed by atoms with Gasteiger partial charge in [0, 0.05) is 0 Å². The van der Waals surface area contributed by atoms with Crippen LogP contribution in [0.4, 0.5) is 0 Å². The molecule has 0 heterocycles. The maximum Gasteiger partial charge on any atom is 0.0650 e. The van der Waals surface area contributed by atoms with E-state index in [1.807, 2.05) is 0 Å². The summed E-state index contributed by atoms with van der Waals surface area (Å²) in [6.45, 7) is 2.29. The third kappa shape index (κ3) is 3.98. The van der Waals surface area contributed by atoms with E-state index in [4.69, 9.17) is 0 Å². The Bertz CT molecular complexity index is 220. The average Bonchev–Trinajstić information content (AvgIpc) is 2.72. The molecule has 1 nitrogen and oxygen atoms in total. The second-order valence-electron chi connectivity index (χ2n) is 6.66. The van der Waals surface area contributed by atoms with Crippen LogP contribution in [0.2, 0.25) is 0 Å². The Morgan fingerprint density at radius 3 is 2.35 bits per heavy atom. The third-order valence-electron chi connectivity index (χ3n) is 5.11. The second kappa shape index (κ2) is 6.22. The van der Waals surface area contributed by atoms with Gasteiger partial charge in [0.1, 0.15) is 0 Å². The molecule has 0 saturated heterocycles. The normalized spacial score (nSPS) is 36.0. The SMILES string of the molecule is CCCC1CCCC(O)(CC2CCCC2)CC1. The van der Waals surface area contributed by atoms with E-state index in [0.717, 1.165) is 31.1 Å². The predicted molar refractivity (Wildman–Crippen MR) is 73.0 cm³/mol. The minimum absolute atomic E-state index is 0.294. The Balaban J connectivity index is 1.82. The first-order chi connectivity index (χ1) is 8.22. The number of aliphatic hydroxyl groups is 1. The largest absolute Gasteiger partial charge is 0.390 e. The lowest BCUT2D eigenvalue weighted by molar-refractivity contribution is 0.000865. The van der Waals surface area contributed by atoms with Crippen LogP contribution in [0.25, 0.3) is 0 Å². The second-order valence-corrected chi connectivity index (χ2v) is 6.66. The van der Waals surface area contributed by atoms with Crippen molar-refractivity contribution in [2.45, 2.75) is 89.6 Å². The van der Waals surface area contributed by atoms with Gasteiger partial charge in [-0.2, -0.15) is 0 Å². The van der Waals surface area contributed by atoms with Gasteiger partial charge < -0.3 is 5.11 Å². The molecule has 2 atom stereocenters. The zero-order valence-corrected chi connectivity index (χ0v) is 11.6. The van der Waals surface area contributed by atoms with Gasteiger partial charge in [-0.3, -0.25) is 0 Å². The van der Waals surface area contributed by atoms with Gasteiger partial charge in [0.05, 0.1) is 5.60 Å². The van der Waals surface area contributed by atoms with Crippen LogP contribution >= 0.6 is 0 Å². The molecular weight excluding hydrogens is 208 g/mol. The Morgan fingerprint density at radius 2 is 1.65 bits per heavy atom. The van der Waals surface area contributed by atoms with Crippen LogP contribution in [-0.4, -0.2) is 10.7 Å². The zero-order valence-electron chi connectivity index (χ0n) is 11.6. The summed E-state index contributed by atoms with van der Waals surface area (Å²) in [6.07, 6.45) is 15.4. The Morgan fingerprint density at radius 1 is 0.941 bits per heavy atom. The van der Waals surface area contributed by atoms with Crippen molar-refractivity contribution in [2.75, 3.05) is 0 Å². The predicted octanol–water partition coefficient (Wildman–Crippen LogP) is 4.68. The monoisotopic (exact) mass is 238 g/mol. The van der Waals surface area contributed by atoms with Gasteiger partial charge in [0.25, 0.3) is 0 Å². The molecule has 0 amide bonds. The van der Waals surface area contributed by atoms with Crippen LogP contribution < -0.4 is 0 Å². The van der Waals surface area contributed by atoms with Gasteiger partial charge >= 0.3 is 0 Å². The lowest BCUT2D eigenvalue weighted by Gasteiger charge is -2.29. The van der Waals surface area contributed by atoms with E-state index < -0.39 is 0 Å². The molecule has 2 unspecified atom stereocenters. The van der Waals surface area contributed by atoms with Crippen molar-refractivity contribution >= 4 is 0 Å². The van der Waals surface area contributed by atoms with Gasteiger partial charge in [-0.15, -0.1) is 0 Å². The molecule has 100 valence electrons. The Labute approximate surface area is 107 Å². The Kier molecular flexibility index (Phi) is 4.90. The fourth-order valence-electron chi connectivity index (χ4n) is 4.11. The summed E-state index contributed by atoms with van der Waals surface area (Å²) in [5.74, 6) is 1.74. The lowest BCUT2D eigenvalue weighted by atomic mass is 9.83. The molecule has 0 aliphatic heterocycles. The van der Waals surface area contributed by atoms with Gasteiger partial charge in [0.2, 0.25) is 0 Å². The Hall–Kier alpha value is -0.0400. The molecule has 0 aromatic carbocycles. The van der Waals surface area contributed by atoms with Crippen LogP contribution in [0.5, 0.6) is 0 Å². The van der Waals surface area contributed by atoms with Crippen LogP contribution in [0.3, 0.4) is 0 Å². The molecular formula is C16H30O. The molecule has 1 heteroatoms. The van der Waals surface area contributed by atoms with Crippen LogP contribution in [0.1, 0.15) is 84.0 Å². The smallest absolute Gasteiger partial charge is 0.0650 e. The third-order valence-corrected chi connectivity index (χ3v) is 5.11. The molecule has 0 aromatic heterocycles. The first-order valence-corrected chi connectivity index (χ1v) is 7.94. The fourth-order valence-corrected chi connectivity index (χ4v) is 4.11. The summed E-state index contributed by atoms with van der Waals surface area (Å²) in [4.78, 5) is 0. The molecule has 0 bridgehead atoms. The van der Waals surface area contributed by atoms with Crippen molar-refractivity contribution in [2.24, 2.45) is 11.8 Å². The van der Waals surface area contributed by atoms with Crippen molar-refractivity contribution in [3.8, 4) is 0 Å². The van der Waals surface area contributed by atoms with E-state index >= 15 is 0 Å². The standard InChI is InChI=1S/C16H30O/c1-2-6-14-9-5-11-16(17,12-10-14)13-15-7-3-4-8-15/h14-15,17H,2-13H2,1H3. The van der Waals surface area contributed by atoms with E-state index in [0.29, 0.717) is 0 Å². The van der Waals surface area contributed by atoms with Crippen molar-refractivity contribution in [1.82, 2.24) is 0 Å². The summed E-state index contributed by atoms with van der Waals surface area (Å²) in [5.41, 5.74) is -0.294. The summed E-state index contributed by atoms with van der Waals surface area (Å²) < 4.78 is 0. The molecule has 0 radical (unpaired) electrons. The van der Waals surface area contributed by atoms with E-state index in [1.165, 1.54) is 57.8 Å². The van der Waals surface area contributed by atoms with Gasteiger partial charge in [-0.1, -0.05) is 58.3 Å². The first kappa shape index (κ1) is 13.4. The van der Waals surface area contributed by atoms with Crippen LogP contribution in [0.15, 0.2) is 0 Å². The molecule has 17 heavy (non-hydrogen) atoms. The average molecular weight is 238 g/mol. The molecule has 2 rings (SSSR count). The minimum Gasteiger partial charge on any atom is -0.390 e. The summed E-state index contributed by atoms with van der Waals surface area (Å²) in [5, 5.41) is 10.8. The van der Waals surface area contributed by atoms with Gasteiger partial charge in [0.15, 0.2) is 0 Å². The van der Waals surface area contributed by atoms with Gasteiger partial charge in [-0.05, 0) is 37.5 Å². The topological polar surface area (TPSA) is 20.2 Å². The highest BCUT2D eigenvalue weighted by atomic mass is 16.3. The summed E-state index contributed by atoms with van der Waals surface area (Å²) >= 11 is 0. The van der Waals surface area contributed by atoms with E-state index in [9.17, 15) is 5.11 Å². The number of hydrogen-bond donors (Lipinski definition) is 1. The molecule has 0 spiro atoms. The highest BCUT2D eigenvalue weighted by molar-refractivity contribution is 4.86. The van der Waals surface area contributed by atoms with Crippen molar-refractivity contribution < 1.29 is 5.11 Å². The number of rotatable bonds is 4. The van der Waals surface area contributed by atoms with E-state index in [1.54, 1.807) is 0 Å². The summed E-state index contributed by atoms with van der Waals surface area (Å²) in [6, 6.07) is 0. The maximum atomic E-state index is 10.8. The molecule has 2 saturated carbocycles. The fraction of sp³-hybridized carbons (Fsp3) is 1.00. The first-order valence-electron chi connectivity index (χ1n) is 7.94. The zero-order chi connectivity index (χ0) is 12.1.